The highest BCUT2D eigenvalue weighted by Gasteiger charge is 2.26. The number of rotatable bonds is 4. The van der Waals surface area contributed by atoms with Crippen LogP contribution < -0.4 is 5.32 Å². The van der Waals surface area contributed by atoms with E-state index in [0.717, 1.165) is 0 Å². The normalized spacial score (nSPS) is 11.3. The first-order chi connectivity index (χ1) is 7.79. The van der Waals surface area contributed by atoms with Gasteiger partial charge in [-0.2, -0.15) is 13.2 Å². The molecule has 94 valence electrons. The summed E-state index contributed by atoms with van der Waals surface area (Å²) >= 11 is 0. The number of carbonyl (C=O) groups is 1. The quantitative estimate of drug-likeness (QED) is 0.859. The molecule has 0 radical (unpaired) electrons. The summed E-state index contributed by atoms with van der Waals surface area (Å²) in [5.41, 5.74) is 1.23. The van der Waals surface area contributed by atoms with E-state index in [2.05, 4.69) is 5.32 Å². The molecule has 1 rings (SSSR count). The molecular weight excluding hydrogens is 235 g/mol. The Morgan fingerprint density at radius 2 is 2.06 bits per heavy atom. The smallest absolute Gasteiger partial charge is 0.390 e. The third kappa shape index (κ3) is 4.34. The molecule has 0 bridgehead atoms. The van der Waals surface area contributed by atoms with Crippen LogP contribution >= 0.6 is 0 Å². The van der Waals surface area contributed by atoms with E-state index in [0.29, 0.717) is 11.3 Å². The Kier molecular flexibility index (Phi) is 3.98. The molecule has 0 atom stereocenters. The molecule has 17 heavy (non-hydrogen) atoms. The molecule has 2 N–H and O–H groups in total. The lowest BCUT2D eigenvalue weighted by Crippen LogP contribution is -2.15. The number of aryl methyl sites for hydroxylation is 1. The topological polar surface area (TPSA) is 49.3 Å². The molecular formula is C11H12F3NO2. The lowest BCUT2D eigenvalue weighted by Gasteiger charge is -2.11. The molecule has 0 aliphatic rings. The lowest BCUT2D eigenvalue weighted by atomic mass is 10.1. The summed E-state index contributed by atoms with van der Waals surface area (Å²) in [6, 6.07) is 4.23. The molecule has 1 aromatic carbocycles. The number of halogens is 3. The number of alkyl halides is 3. The first-order valence-corrected chi connectivity index (χ1v) is 4.94. The minimum Gasteiger partial charge on any atom is -0.478 e. The molecule has 0 spiro atoms. The van der Waals surface area contributed by atoms with Gasteiger partial charge in [0.2, 0.25) is 0 Å². The Labute approximate surface area is 96.3 Å². The van der Waals surface area contributed by atoms with Gasteiger partial charge in [-0.3, -0.25) is 0 Å². The summed E-state index contributed by atoms with van der Waals surface area (Å²) in [7, 11) is 0. The Balaban J connectivity index is 2.64. The van der Waals surface area contributed by atoms with Gasteiger partial charge in [0.05, 0.1) is 12.0 Å². The number of carboxylic acids is 1. The molecule has 0 fully saturated rings. The number of carboxylic acid groups (broad SMARTS) is 1. The standard InChI is InChI=1S/C11H12F3NO2/c1-7-6-8(10(16)17)2-3-9(7)15-5-4-11(12,13)14/h2-3,6,15H,4-5H2,1H3,(H,16,17). The van der Waals surface area contributed by atoms with Crippen molar-refractivity contribution in [3.8, 4) is 0 Å². The summed E-state index contributed by atoms with van der Waals surface area (Å²) in [4.78, 5) is 10.6. The molecule has 0 saturated carbocycles. The van der Waals surface area contributed by atoms with Gasteiger partial charge in [-0.25, -0.2) is 4.79 Å². The van der Waals surface area contributed by atoms with Gasteiger partial charge >= 0.3 is 12.1 Å². The van der Waals surface area contributed by atoms with Crippen molar-refractivity contribution < 1.29 is 23.1 Å². The van der Waals surface area contributed by atoms with Crippen LogP contribution in [-0.4, -0.2) is 23.8 Å². The van der Waals surface area contributed by atoms with E-state index in [1.807, 2.05) is 0 Å². The number of hydrogen-bond acceptors (Lipinski definition) is 2. The summed E-state index contributed by atoms with van der Waals surface area (Å²) in [6.07, 6.45) is -5.12. The highest BCUT2D eigenvalue weighted by molar-refractivity contribution is 5.88. The summed E-state index contributed by atoms with van der Waals surface area (Å²) in [5, 5.41) is 11.3. The van der Waals surface area contributed by atoms with Crippen LogP contribution in [0.15, 0.2) is 18.2 Å². The zero-order chi connectivity index (χ0) is 13.1. The van der Waals surface area contributed by atoms with Crippen LogP contribution in [0.5, 0.6) is 0 Å². The van der Waals surface area contributed by atoms with E-state index in [4.69, 9.17) is 5.11 Å². The minimum absolute atomic E-state index is 0.115. The van der Waals surface area contributed by atoms with Crippen LogP contribution in [0.2, 0.25) is 0 Å². The van der Waals surface area contributed by atoms with Crippen molar-refractivity contribution in [1.82, 2.24) is 0 Å². The van der Waals surface area contributed by atoms with Crippen molar-refractivity contribution in [2.45, 2.75) is 19.5 Å². The third-order valence-electron chi connectivity index (χ3n) is 2.20. The average Bonchev–Trinajstić information content (AvgIpc) is 2.18. The monoisotopic (exact) mass is 247 g/mol. The molecule has 0 amide bonds. The van der Waals surface area contributed by atoms with E-state index in [1.54, 1.807) is 6.92 Å². The zero-order valence-corrected chi connectivity index (χ0v) is 9.14. The van der Waals surface area contributed by atoms with Crippen LogP contribution in [0.1, 0.15) is 22.3 Å². The number of anilines is 1. The maximum atomic E-state index is 11.9. The second kappa shape index (κ2) is 5.07. The Morgan fingerprint density at radius 3 is 2.53 bits per heavy atom. The third-order valence-corrected chi connectivity index (χ3v) is 2.20. The van der Waals surface area contributed by atoms with Gasteiger partial charge in [0.25, 0.3) is 0 Å². The van der Waals surface area contributed by atoms with Gasteiger partial charge in [0, 0.05) is 12.2 Å². The van der Waals surface area contributed by atoms with Crippen molar-refractivity contribution in [1.29, 1.82) is 0 Å². The fourth-order valence-corrected chi connectivity index (χ4v) is 1.33. The predicted molar refractivity (Wildman–Crippen MR) is 57.3 cm³/mol. The van der Waals surface area contributed by atoms with Gasteiger partial charge in [-0.1, -0.05) is 0 Å². The van der Waals surface area contributed by atoms with E-state index in [-0.39, 0.29) is 12.1 Å². The predicted octanol–water partition coefficient (Wildman–Crippen LogP) is 3.06. The molecule has 0 aliphatic heterocycles. The molecule has 0 unspecified atom stereocenters. The van der Waals surface area contributed by atoms with E-state index in [9.17, 15) is 18.0 Å². The number of nitrogens with one attached hydrogen (secondary N) is 1. The first kappa shape index (κ1) is 13.3. The van der Waals surface area contributed by atoms with Crippen molar-refractivity contribution in [3.05, 3.63) is 29.3 Å². The Hall–Kier alpha value is -1.72. The second-order valence-corrected chi connectivity index (χ2v) is 3.63. The molecule has 0 aromatic heterocycles. The number of aromatic carboxylic acids is 1. The van der Waals surface area contributed by atoms with E-state index in [1.165, 1.54) is 18.2 Å². The minimum atomic E-state index is -4.19. The van der Waals surface area contributed by atoms with Crippen LogP contribution in [-0.2, 0) is 0 Å². The van der Waals surface area contributed by atoms with Gasteiger partial charge in [-0.05, 0) is 30.7 Å². The fraction of sp³-hybridized carbons (Fsp3) is 0.364. The van der Waals surface area contributed by atoms with Crippen molar-refractivity contribution >= 4 is 11.7 Å². The fourth-order valence-electron chi connectivity index (χ4n) is 1.33. The van der Waals surface area contributed by atoms with Crippen LogP contribution in [0, 0.1) is 6.92 Å². The molecule has 0 saturated heterocycles. The molecule has 6 heteroatoms. The Morgan fingerprint density at radius 1 is 1.41 bits per heavy atom. The van der Waals surface area contributed by atoms with Gasteiger partial charge < -0.3 is 10.4 Å². The Bertz CT molecular complexity index is 416. The first-order valence-electron chi connectivity index (χ1n) is 4.94. The largest absolute Gasteiger partial charge is 0.478 e. The zero-order valence-electron chi connectivity index (χ0n) is 9.14. The lowest BCUT2D eigenvalue weighted by molar-refractivity contribution is -0.131. The SMILES string of the molecule is Cc1cc(C(=O)O)ccc1NCCC(F)(F)F. The summed E-state index contributed by atoms with van der Waals surface area (Å²) in [5.74, 6) is -1.06. The maximum absolute atomic E-state index is 11.9. The molecule has 0 aliphatic carbocycles. The van der Waals surface area contributed by atoms with Gasteiger partial charge in [0.1, 0.15) is 0 Å². The van der Waals surface area contributed by atoms with Crippen LogP contribution in [0.25, 0.3) is 0 Å². The second-order valence-electron chi connectivity index (χ2n) is 3.63. The summed E-state index contributed by atoms with van der Waals surface area (Å²) < 4.78 is 35.7. The number of benzene rings is 1. The average molecular weight is 247 g/mol. The molecule has 1 aromatic rings. The van der Waals surface area contributed by atoms with E-state index < -0.39 is 18.6 Å². The van der Waals surface area contributed by atoms with Crippen molar-refractivity contribution in [2.75, 3.05) is 11.9 Å². The highest BCUT2D eigenvalue weighted by Crippen LogP contribution is 2.21. The van der Waals surface area contributed by atoms with Gasteiger partial charge in [0.15, 0.2) is 0 Å². The van der Waals surface area contributed by atoms with Crippen molar-refractivity contribution in [2.24, 2.45) is 0 Å². The van der Waals surface area contributed by atoms with Crippen LogP contribution in [0.4, 0.5) is 18.9 Å². The maximum Gasteiger partial charge on any atom is 0.390 e. The summed E-state index contributed by atoms with van der Waals surface area (Å²) in [6.45, 7) is 1.42. The number of hydrogen-bond donors (Lipinski definition) is 2. The van der Waals surface area contributed by atoms with Crippen molar-refractivity contribution in [3.63, 3.8) is 0 Å². The van der Waals surface area contributed by atoms with Gasteiger partial charge in [-0.15, -0.1) is 0 Å². The highest BCUT2D eigenvalue weighted by atomic mass is 19.4. The molecule has 0 heterocycles. The molecule has 3 nitrogen and oxygen atoms in total. The van der Waals surface area contributed by atoms with Crippen LogP contribution in [0.3, 0.4) is 0 Å². The van der Waals surface area contributed by atoms with E-state index >= 15 is 0 Å².